The molecule has 0 radical (unpaired) electrons. The van der Waals surface area contributed by atoms with Gasteiger partial charge in [-0.05, 0) is 24.6 Å². The Morgan fingerprint density at radius 2 is 2.00 bits per heavy atom. The van der Waals surface area contributed by atoms with Crippen LogP contribution >= 0.6 is 15.9 Å². The zero-order valence-corrected chi connectivity index (χ0v) is 15.4. The number of aromatic amines is 1. The molecule has 1 spiro atoms. The molecule has 4 rings (SSSR count). The maximum atomic E-state index is 12.0. The van der Waals surface area contributed by atoms with Crippen LogP contribution in [-0.2, 0) is 14.3 Å². The SMILES string of the molecule is C[C@]1(C(=O)O)CC2(C[C@@H]1c1ncc(-c3ccc(Br)cc3)[nH]1)OCCO2. The molecule has 132 valence electrons. The van der Waals surface area contributed by atoms with E-state index in [1.807, 2.05) is 24.3 Å². The van der Waals surface area contributed by atoms with Gasteiger partial charge in [0.1, 0.15) is 5.82 Å². The Kier molecular flexibility index (Phi) is 3.97. The predicted molar refractivity (Wildman–Crippen MR) is 94.1 cm³/mol. The molecule has 0 bridgehead atoms. The first-order valence-corrected chi connectivity index (χ1v) is 9.03. The first-order valence-electron chi connectivity index (χ1n) is 8.24. The van der Waals surface area contributed by atoms with Crippen molar-refractivity contribution in [2.75, 3.05) is 13.2 Å². The van der Waals surface area contributed by atoms with E-state index in [9.17, 15) is 9.90 Å². The van der Waals surface area contributed by atoms with Crippen molar-refractivity contribution in [1.82, 2.24) is 9.97 Å². The lowest BCUT2D eigenvalue weighted by atomic mass is 9.79. The summed E-state index contributed by atoms with van der Waals surface area (Å²) in [6.07, 6.45) is 2.57. The highest BCUT2D eigenvalue weighted by molar-refractivity contribution is 9.10. The number of hydrogen-bond acceptors (Lipinski definition) is 4. The number of aliphatic carboxylic acids is 1. The fourth-order valence-corrected chi connectivity index (χ4v) is 4.19. The lowest BCUT2D eigenvalue weighted by Crippen LogP contribution is -2.33. The number of ether oxygens (including phenoxy) is 2. The summed E-state index contributed by atoms with van der Waals surface area (Å²) in [7, 11) is 0. The molecule has 7 heteroatoms. The molecule has 1 saturated heterocycles. The van der Waals surface area contributed by atoms with Gasteiger partial charge < -0.3 is 19.6 Å². The minimum absolute atomic E-state index is 0.299. The first-order chi connectivity index (χ1) is 11.9. The third-order valence-corrected chi connectivity index (χ3v) is 5.83. The summed E-state index contributed by atoms with van der Waals surface area (Å²) >= 11 is 3.42. The average molecular weight is 407 g/mol. The average Bonchev–Trinajstić information content (AvgIpc) is 3.28. The molecule has 1 aliphatic carbocycles. The zero-order chi connectivity index (χ0) is 17.7. The summed E-state index contributed by atoms with van der Waals surface area (Å²) in [4.78, 5) is 19.8. The molecule has 2 N–H and O–H groups in total. The van der Waals surface area contributed by atoms with Gasteiger partial charge in [-0.15, -0.1) is 0 Å². The minimum atomic E-state index is -0.987. The lowest BCUT2D eigenvalue weighted by molar-refractivity contribution is -0.166. The normalized spacial score (nSPS) is 27.8. The van der Waals surface area contributed by atoms with E-state index in [1.165, 1.54) is 0 Å². The topological polar surface area (TPSA) is 84.4 Å². The standard InChI is InChI=1S/C18H19BrN2O4/c1-17(16(22)23)10-18(24-6-7-25-18)8-13(17)15-20-9-14(21-15)11-2-4-12(19)5-3-11/h2-5,9,13H,6-8,10H2,1H3,(H,20,21)(H,22,23)/t13-,17+/m1/s1. The second kappa shape index (κ2) is 5.93. The Hall–Kier alpha value is -1.70. The van der Waals surface area contributed by atoms with E-state index in [0.29, 0.717) is 31.9 Å². The number of rotatable bonds is 3. The van der Waals surface area contributed by atoms with E-state index in [1.54, 1.807) is 13.1 Å². The summed E-state index contributed by atoms with van der Waals surface area (Å²) in [6, 6.07) is 7.89. The van der Waals surface area contributed by atoms with Crippen LogP contribution in [0.1, 0.15) is 31.5 Å². The quantitative estimate of drug-likeness (QED) is 0.813. The smallest absolute Gasteiger partial charge is 0.310 e. The van der Waals surface area contributed by atoms with Crippen LogP contribution in [0.2, 0.25) is 0 Å². The number of carbonyl (C=O) groups is 1. The third-order valence-electron chi connectivity index (χ3n) is 5.30. The lowest BCUT2D eigenvalue weighted by Gasteiger charge is -2.25. The summed E-state index contributed by atoms with van der Waals surface area (Å²) in [5.74, 6) is -1.29. The molecule has 0 amide bonds. The molecule has 6 nitrogen and oxygen atoms in total. The van der Waals surface area contributed by atoms with E-state index < -0.39 is 17.2 Å². The van der Waals surface area contributed by atoms with Crippen molar-refractivity contribution in [2.45, 2.75) is 31.5 Å². The molecule has 2 atom stereocenters. The molecular formula is C18H19BrN2O4. The molecule has 0 unspecified atom stereocenters. The van der Waals surface area contributed by atoms with E-state index in [0.717, 1.165) is 15.7 Å². The highest BCUT2D eigenvalue weighted by atomic mass is 79.9. The molecule has 1 aromatic heterocycles. The van der Waals surface area contributed by atoms with Crippen LogP contribution in [0.4, 0.5) is 0 Å². The Morgan fingerprint density at radius 3 is 2.64 bits per heavy atom. The summed E-state index contributed by atoms with van der Waals surface area (Å²) in [6.45, 7) is 2.76. The Labute approximate surface area is 153 Å². The van der Waals surface area contributed by atoms with Gasteiger partial charge in [0.15, 0.2) is 5.79 Å². The maximum Gasteiger partial charge on any atom is 0.310 e. The van der Waals surface area contributed by atoms with Crippen molar-refractivity contribution >= 4 is 21.9 Å². The molecule has 25 heavy (non-hydrogen) atoms. The van der Waals surface area contributed by atoms with Gasteiger partial charge in [0.2, 0.25) is 0 Å². The van der Waals surface area contributed by atoms with Gasteiger partial charge in [0.25, 0.3) is 0 Å². The second-order valence-electron chi connectivity index (χ2n) is 6.95. The van der Waals surface area contributed by atoms with Crippen LogP contribution in [0.3, 0.4) is 0 Å². The monoisotopic (exact) mass is 406 g/mol. The number of nitrogens with one attached hydrogen (secondary N) is 1. The number of H-pyrrole nitrogens is 1. The van der Waals surface area contributed by atoms with Crippen LogP contribution in [0, 0.1) is 5.41 Å². The fourth-order valence-electron chi connectivity index (χ4n) is 3.92. The van der Waals surface area contributed by atoms with Crippen molar-refractivity contribution in [2.24, 2.45) is 5.41 Å². The number of carboxylic acid groups (broad SMARTS) is 1. The third kappa shape index (κ3) is 2.80. The Morgan fingerprint density at radius 1 is 1.32 bits per heavy atom. The molecular weight excluding hydrogens is 388 g/mol. The van der Waals surface area contributed by atoms with E-state index in [4.69, 9.17) is 9.47 Å². The van der Waals surface area contributed by atoms with Gasteiger partial charge in [0, 0.05) is 23.2 Å². The molecule has 2 aromatic rings. The summed E-state index contributed by atoms with van der Waals surface area (Å²) in [5, 5.41) is 9.84. The molecule has 1 aromatic carbocycles. The summed E-state index contributed by atoms with van der Waals surface area (Å²) in [5.41, 5.74) is 0.878. The van der Waals surface area contributed by atoms with Crippen molar-refractivity contribution in [3.05, 3.63) is 40.8 Å². The van der Waals surface area contributed by atoms with E-state index in [-0.39, 0.29) is 5.92 Å². The van der Waals surface area contributed by atoms with Crippen LogP contribution in [0.25, 0.3) is 11.3 Å². The molecule has 2 heterocycles. The number of nitrogens with zero attached hydrogens (tertiary/aromatic N) is 1. The highest BCUT2D eigenvalue weighted by Crippen LogP contribution is 2.56. The maximum absolute atomic E-state index is 12.0. The predicted octanol–water partition coefficient (Wildman–Crippen LogP) is 3.55. The Balaban J connectivity index is 1.68. The van der Waals surface area contributed by atoms with Gasteiger partial charge in [0.05, 0.1) is 30.5 Å². The Bertz CT molecular complexity index is 798. The molecule has 1 aliphatic heterocycles. The van der Waals surface area contributed by atoms with Crippen molar-refractivity contribution in [3.63, 3.8) is 0 Å². The van der Waals surface area contributed by atoms with Gasteiger partial charge in [-0.25, -0.2) is 4.98 Å². The first kappa shape index (κ1) is 16.8. The van der Waals surface area contributed by atoms with Gasteiger partial charge in [-0.3, -0.25) is 4.79 Å². The van der Waals surface area contributed by atoms with Crippen molar-refractivity contribution < 1.29 is 19.4 Å². The number of benzene rings is 1. The largest absolute Gasteiger partial charge is 0.481 e. The minimum Gasteiger partial charge on any atom is -0.481 e. The van der Waals surface area contributed by atoms with Gasteiger partial charge in [-0.2, -0.15) is 0 Å². The number of carboxylic acids is 1. The number of hydrogen-bond donors (Lipinski definition) is 2. The number of aromatic nitrogens is 2. The van der Waals surface area contributed by atoms with Crippen molar-refractivity contribution in [3.8, 4) is 11.3 Å². The molecule has 1 saturated carbocycles. The fraction of sp³-hybridized carbons (Fsp3) is 0.444. The van der Waals surface area contributed by atoms with Gasteiger partial charge in [-0.1, -0.05) is 28.1 Å². The highest BCUT2D eigenvalue weighted by Gasteiger charge is 2.60. The number of halogens is 1. The van der Waals surface area contributed by atoms with Crippen LogP contribution in [0.15, 0.2) is 34.9 Å². The zero-order valence-electron chi connectivity index (χ0n) is 13.8. The van der Waals surface area contributed by atoms with E-state index >= 15 is 0 Å². The summed E-state index contributed by atoms with van der Waals surface area (Å²) < 4.78 is 12.5. The molecule has 2 fully saturated rings. The van der Waals surface area contributed by atoms with Crippen LogP contribution < -0.4 is 0 Å². The molecule has 2 aliphatic rings. The number of imidazole rings is 1. The second-order valence-corrected chi connectivity index (χ2v) is 7.87. The van der Waals surface area contributed by atoms with Crippen LogP contribution in [0.5, 0.6) is 0 Å². The van der Waals surface area contributed by atoms with Crippen molar-refractivity contribution in [1.29, 1.82) is 0 Å². The van der Waals surface area contributed by atoms with E-state index in [2.05, 4.69) is 25.9 Å². The van der Waals surface area contributed by atoms with Crippen LogP contribution in [-0.4, -0.2) is 40.0 Å². The van der Waals surface area contributed by atoms with Gasteiger partial charge >= 0.3 is 5.97 Å².